The molecule has 2 saturated heterocycles. The van der Waals surface area contributed by atoms with Crippen molar-refractivity contribution < 1.29 is 14.6 Å². The monoisotopic (exact) mass is 254 g/mol. The molecule has 2 heterocycles. The van der Waals surface area contributed by atoms with Crippen molar-refractivity contribution in [3.8, 4) is 0 Å². The Morgan fingerprint density at radius 2 is 1.83 bits per heavy atom. The van der Waals surface area contributed by atoms with Crippen LogP contribution in [0.1, 0.15) is 51.9 Å². The molecule has 1 aliphatic carbocycles. The van der Waals surface area contributed by atoms with Gasteiger partial charge in [-0.15, -0.1) is 0 Å². The summed E-state index contributed by atoms with van der Waals surface area (Å²) in [5.74, 6) is 1.20. The van der Waals surface area contributed by atoms with E-state index in [1.54, 1.807) is 0 Å². The number of rotatable bonds is 1. The Kier molecular flexibility index (Phi) is 3.41. The van der Waals surface area contributed by atoms with Crippen molar-refractivity contribution in [3.63, 3.8) is 0 Å². The van der Waals surface area contributed by atoms with E-state index < -0.39 is 5.60 Å². The molecule has 3 aliphatic rings. The standard InChI is InChI=1S/C15H26O3/c1-12-2-5-15(16,6-3-12)13-4-8-18-14(10-13)7-9-17-11-14/h12-13,16H,2-11H2,1H3. The highest BCUT2D eigenvalue weighted by Crippen LogP contribution is 2.46. The molecule has 18 heavy (non-hydrogen) atoms. The van der Waals surface area contributed by atoms with Crippen molar-refractivity contribution in [2.75, 3.05) is 19.8 Å². The average Bonchev–Trinajstić information content (AvgIpc) is 2.81. The van der Waals surface area contributed by atoms with Gasteiger partial charge in [0.2, 0.25) is 0 Å². The maximum Gasteiger partial charge on any atom is 0.0940 e. The van der Waals surface area contributed by atoms with Crippen LogP contribution in [0.5, 0.6) is 0 Å². The molecular weight excluding hydrogens is 228 g/mol. The molecule has 104 valence electrons. The first-order valence-electron chi connectivity index (χ1n) is 7.56. The number of aliphatic hydroxyl groups is 1. The lowest BCUT2D eigenvalue weighted by molar-refractivity contribution is -0.153. The maximum atomic E-state index is 11.0. The second-order valence-electron chi connectivity index (χ2n) is 6.81. The van der Waals surface area contributed by atoms with E-state index in [0.29, 0.717) is 5.92 Å². The molecule has 3 heteroatoms. The van der Waals surface area contributed by atoms with Crippen molar-refractivity contribution in [2.45, 2.75) is 63.1 Å². The van der Waals surface area contributed by atoms with Crippen LogP contribution in [0, 0.1) is 11.8 Å². The lowest BCUT2D eigenvalue weighted by atomic mass is 9.67. The first-order valence-corrected chi connectivity index (χ1v) is 7.56. The van der Waals surface area contributed by atoms with Crippen molar-refractivity contribution in [2.24, 2.45) is 11.8 Å². The molecule has 0 aromatic heterocycles. The number of hydrogen-bond acceptors (Lipinski definition) is 3. The van der Waals surface area contributed by atoms with Gasteiger partial charge in [-0.2, -0.15) is 0 Å². The Labute approximate surface area is 110 Å². The van der Waals surface area contributed by atoms with Gasteiger partial charge in [-0.25, -0.2) is 0 Å². The van der Waals surface area contributed by atoms with E-state index >= 15 is 0 Å². The van der Waals surface area contributed by atoms with Crippen LogP contribution < -0.4 is 0 Å². The molecule has 0 aromatic rings. The highest BCUT2D eigenvalue weighted by Gasteiger charge is 2.48. The Balaban J connectivity index is 1.68. The van der Waals surface area contributed by atoms with Crippen LogP contribution in [0.3, 0.4) is 0 Å². The lowest BCUT2D eigenvalue weighted by Crippen LogP contribution is -2.50. The zero-order chi connectivity index (χ0) is 12.6. The zero-order valence-electron chi connectivity index (χ0n) is 11.5. The van der Waals surface area contributed by atoms with Gasteiger partial charge in [0.1, 0.15) is 0 Å². The largest absolute Gasteiger partial charge is 0.390 e. The van der Waals surface area contributed by atoms with E-state index in [2.05, 4.69) is 6.92 Å². The molecule has 0 aromatic carbocycles. The quantitative estimate of drug-likeness (QED) is 0.781. The van der Waals surface area contributed by atoms with Crippen molar-refractivity contribution in [1.82, 2.24) is 0 Å². The fourth-order valence-corrected chi connectivity index (χ4v) is 4.02. The molecule has 2 aliphatic heterocycles. The van der Waals surface area contributed by atoms with Gasteiger partial charge in [-0.3, -0.25) is 0 Å². The first kappa shape index (κ1) is 12.9. The van der Waals surface area contributed by atoms with Crippen LogP contribution in [-0.2, 0) is 9.47 Å². The molecule has 0 bridgehead atoms. The van der Waals surface area contributed by atoms with Crippen LogP contribution >= 0.6 is 0 Å². The lowest BCUT2D eigenvalue weighted by Gasteiger charge is -2.47. The highest BCUT2D eigenvalue weighted by molar-refractivity contribution is 4.98. The summed E-state index contributed by atoms with van der Waals surface area (Å²) in [5.41, 5.74) is -0.492. The van der Waals surface area contributed by atoms with Crippen LogP contribution in [0.4, 0.5) is 0 Å². The fourth-order valence-electron chi connectivity index (χ4n) is 4.02. The van der Waals surface area contributed by atoms with Gasteiger partial charge in [0, 0.05) is 19.6 Å². The Bertz CT molecular complexity index is 288. The summed E-state index contributed by atoms with van der Waals surface area (Å²) in [6.45, 7) is 4.65. The fraction of sp³-hybridized carbons (Fsp3) is 1.00. The predicted octanol–water partition coefficient (Wildman–Crippen LogP) is 2.51. The van der Waals surface area contributed by atoms with E-state index in [9.17, 15) is 5.11 Å². The van der Waals surface area contributed by atoms with E-state index in [1.165, 1.54) is 12.8 Å². The SMILES string of the molecule is CC1CCC(O)(C2CCOC3(CCOC3)C2)CC1. The molecule has 1 spiro atoms. The Morgan fingerprint density at radius 1 is 1.06 bits per heavy atom. The summed E-state index contributed by atoms with van der Waals surface area (Å²) in [4.78, 5) is 0. The van der Waals surface area contributed by atoms with E-state index in [4.69, 9.17) is 9.47 Å². The minimum Gasteiger partial charge on any atom is -0.390 e. The number of hydrogen-bond donors (Lipinski definition) is 1. The summed E-state index contributed by atoms with van der Waals surface area (Å²) in [5, 5.41) is 11.0. The molecule has 0 amide bonds. The maximum absolute atomic E-state index is 11.0. The summed E-state index contributed by atoms with van der Waals surface area (Å²) < 4.78 is 11.5. The van der Waals surface area contributed by atoms with Gasteiger partial charge < -0.3 is 14.6 Å². The average molecular weight is 254 g/mol. The van der Waals surface area contributed by atoms with Gasteiger partial charge in [-0.05, 0) is 50.4 Å². The molecule has 2 unspecified atom stereocenters. The second kappa shape index (κ2) is 4.77. The van der Waals surface area contributed by atoms with Crippen LogP contribution in [0.15, 0.2) is 0 Å². The molecule has 3 rings (SSSR count). The third-order valence-electron chi connectivity index (χ3n) is 5.46. The molecule has 2 atom stereocenters. The third kappa shape index (κ3) is 2.33. The number of ether oxygens (including phenoxy) is 2. The topological polar surface area (TPSA) is 38.7 Å². The van der Waals surface area contributed by atoms with Gasteiger partial charge in [-0.1, -0.05) is 6.92 Å². The smallest absolute Gasteiger partial charge is 0.0940 e. The van der Waals surface area contributed by atoms with Crippen molar-refractivity contribution >= 4 is 0 Å². The molecule has 0 radical (unpaired) electrons. The Morgan fingerprint density at radius 3 is 2.50 bits per heavy atom. The van der Waals surface area contributed by atoms with Gasteiger partial charge in [0.25, 0.3) is 0 Å². The van der Waals surface area contributed by atoms with Crippen LogP contribution in [-0.4, -0.2) is 36.1 Å². The molecule has 3 nitrogen and oxygen atoms in total. The van der Waals surface area contributed by atoms with E-state index in [0.717, 1.165) is 57.8 Å². The molecule has 3 fully saturated rings. The van der Waals surface area contributed by atoms with E-state index in [-0.39, 0.29) is 5.60 Å². The van der Waals surface area contributed by atoms with Crippen LogP contribution in [0.25, 0.3) is 0 Å². The minimum atomic E-state index is -0.425. The summed E-state index contributed by atoms with van der Waals surface area (Å²) in [6.07, 6.45) is 7.35. The van der Waals surface area contributed by atoms with Crippen molar-refractivity contribution in [1.29, 1.82) is 0 Å². The zero-order valence-corrected chi connectivity index (χ0v) is 11.5. The first-order chi connectivity index (χ1) is 8.62. The summed E-state index contributed by atoms with van der Waals surface area (Å²) in [6, 6.07) is 0. The third-order valence-corrected chi connectivity index (χ3v) is 5.46. The van der Waals surface area contributed by atoms with Gasteiger partial charge >= 0.3 is 0 Å². The molecular formula is C15H26O3. The van der Waals surface area contributed by atoms with Crippen LogP contribution in [0.2, 0.25) is 0 Å². The normalized spacial score (nSPS) is 49.7. The second-order valence-corrected chi connectivity index (χ2v) is 6.81. The Hall–Kier alpha value is -0.120. The highest BCUT2D eigenvalue weighted by atomic mass is 16.6. The van der Waals surface area contributed by atoms with Crippen molar-refractivity contribution in [3.05, 3.63) is 0 Å². The predicted molar refractivity (Wildman–Crippen MR) is 69.4 cm³/mol. The molecule has 1 N–H and O–H groups in total. The van der Waals surface area contributed by atoms with Gasteiger partial charge in [0.15, 0.2) is 0 Å². The molecule has 1 saturated carbocycles. The van der Waals surface area contributed by atoms with E-state index in [1.807, 2.05) is 0 Å². The summed E-state index contributed by atoms with van der Waals surface area (Å²) in [7, 11) is 0. The van der Waals surface area contributed by atoms with Gasteiger partial charge in [0.05, 0.1) is 17.8 Å². The summed E-state index contributed by atoms with van der Waals surface area (Å²) >= 11 is 0. The minimum absolute atomic E-state index is 0.0677.